The molecule has 1 amide bonds. The predicted molar refractivity (Wildman–Crippen MR) is 105 cm³/mol. The number of carbonyl (C=O) groups excluding carboxylic acids is 2. The first-order valence-corrected chi connectivity index (χ1v) is 8.94. The van der Waals surface area contributed by atoms with Gasteiger partial charge >= 0.3 is 5.97 Å². The highest BCUT2D eigenvalue weighted by Crippen LogP contribution is 2.22. The van der Waals surface area contributed by atoms with Crippen LogP contribution >= 0.6 is 0 Å². The van der Waals surface area contributed by atoms with Crippen molar-refractivity contribution >= 4 is 11.9 Å². The third kappa shape index (κ3) is 4.79. The van der Waals surface area contributed by atoms with Crippen molar-refractivity contribution in [2.24, 2.45) is 0 Å². The molecule has 142 valence electrons. The molecule has 0 aliphatic rings. The molecular formula is C22H21N3O3. The van der Waals surface area contributed by atoms with Crippen molar-refractivity contribution in [2.45, 2.75) is 26.0 Å². The molecule has 3 rings (SSSR count). The van der Waals surface area contributed by atoms with Crippen molar-refractivity contribution in [3.05, 3.63) is 95.6 Å². The van der Waals surface area contributed by atoms with Gasteiger partial charge in [0.1, 0.15) is 0 Å². The van der Waals surface area contributed by atoms with Gasteiger partial charge in [0.2, 0.25) is 0 Å². The molecule has 0 aliphatic carbocycles. The van der Waals surface area contributed by atoms with Gasteiger partial charge in [0.15, 0.2) is 11.8 Å². The van der Waals surface area contributed by atoms with Crippen molar-refractivity contribution in [1.82, 2.24) is 15.3 Å². The molecule has 2 aromatic carbocycles. The van der Waals surface area contributed by atoms with Crippen molar-refractivity contribution in [2.75, 3.05) is 0 Å². The molecule has 28 heavy (non-hydrogen) atoms. The smallest absolute Gasteiger partial charge is 0.359 e. The number of esters is 1. The van der Waals surface area contributed by atoms with E-state index < -0.39 is 18.0 Å². The first-order chi connectivity index (χ1) is 13.5. The van der Waals surface area contributed by atoms with E-state index in [0.717, 1.165) is 11.1 Å². The zero-order valence-electron chi connectivity index (χ0n) is 15.7. The lowest BCUT2D eigenvalue weighted by Crippen LogP contribution is -2.38. The maximum absolute atomic E-state index is 12.7. The van der Waals surface area contributed by atoms with Gasteiger partial charge in [-0.05, 0) is 25.0 Å². The second-order valence-corrected chi connectivity index (χ2v) is 6.35. The number of carbonyl (C=O) groups is 2. The molecule has 0 fully saturated rings. The van der Waals surface area contributed by atoms with E-state index in [0.29, 0.717) is 5.69 Å². The Morgan fingerprint density at radius 1 is 0.893 bits per heavy atom. The summed E-state index contributed by atoms with van der Waals surface area (Å²) in [5, 5.41) is 2.96. The number of nitrogens with one attached hydrogen (secondary N) is 1. The van der Waals surface area contributed by atoms with Gasteiger partial charge in [-0.15, -0.1) is 0 Å². The maximum atomic E-state index is 12.7. The molecule has 0 spiro atoms. The lowest BCUT2D eigenvalue weighted by Gasteiger charge is -2.22. The van der Waals surface area contributed by atoms with E-state index in [1.807, 2.05) is 60.7 Å². The summed E-state index contributed by atoms with van der Waals surface area (Å²) < 4.78 is 5.26. The number of benzene rings is 2. The Bertz CT molecular complexity index is 889. The summed E-state index contributed by atoms with van der Waals surface area (Å²) in [5.74, 6) is -1.09. The third-order valence-electron chi connectivity index (χ3n) is 4.20. The van der Waals surface area contributed by atoms with Crippen molar-refractivity contribution in [3.8, 4) is 0 Å². The van der Waals surface area contributed by atoms with E-state index >= 15 is 0 Å². The number of nitrogens with zero attached hydrogens (tertiary/aromatic N) is 2. The summed E-state index contributed by atoms with van der Waals surface area (Å²) in [4.78, 5) is 32.9. The normalized spacial score (nSPS) is 11.7. The average Bonchev–Trinajstić information content (AvgIpc) is 2.73. The van der Waals surface area contributed by atoms with Crippen LogP contribution in [-0.2, 0) is 9.53 Å². The minimum absolute atomic E-state index is 0.0629. The fraction of sp³-hybridized carbons (Fsp3) is 0.182. The quantitative estimate of drug-likeness (QED) is 0.669. The topological polar surface area (TPSA) is 81.2 Å². The van der Waals surface area contributed by atoms with Crippen LogP contribution in [0.3, 0.4) is 0 Å². The minimum atomic E-state index is -0.981. The van der Waals surface area contributed by atoms with Gasteiger partial charge in [0.25, 0.3) is 5.91 Å². The van der Waals surface area contributed by atoms with Gasteiger partial charge in [-0.2, -0.15) is 0 Å². The largest absolute Gasteiger partial charge is 0.448 e. The highest BCUT2D eigenvalue weighted by atomic mass is 16.5. The number of rotatable bonds is 6. The van der Waals surface area contributed by atoms with E-state index in [-0.39, 0.29) is 11.7 Å². The van der Waals surface area contributed by atoms with Crippen LogP contribution in [0, 0.1) is 6.92 Å². The summed E-state index contributed by atoms with van der Waals surface area (Å²) in [6, 6.07) is 18.9. The van der Waals surface area contributed by atoms with Gasteiger partial charge in [0, 0.05) is 6.20 Å². The van der Waals surface area contributed by atoms with Crippen molar-refractivity contribution in [1.29, 1.82) is 0 Å². The predicted octanol–water partition coefficient (Wildman–Crippen LogP) is 3.24. The molecule has 6 heteroatoms. The van der Waals surface area contributed by atoms with Crippen LogP contribution in [0.1, 0.15) is 40.3 Å². The molecular weight excluding hydrogens is 354 g/mol. The lowest BCUT2D eigenvalue weighted by atomic mass is 9.98. The van der Waals surface area contributed by atoms with Crippen molar-refractivity contribution in [3.63, 3.8) is 0 Å². The zero-order chi connectivity index (χ0) is 19.9. The molecule has 1 N–H and O–H groups in total. The first-order valence-electron chi connectivity index (χ1n) is 8.94. The van der Waals surface area contributed by atoms with Crippen LogP contribution in [0.5, 0.6) is 0 Å². The van der Waals surface area contributed by atoms with Gasteiger partial charge in [-0.3, -0.25) is 9.78 Å². The summed E-state index contributed by atoms with van der Waals surface area (Å²) in [6.45, 7) is 3.30. The number of hydrogen-bond donors (Lipinski definition) is 1. The van der Waals surface area contributed by atoms with Crippen LogP contribution in [0.15, 0.2) is 73.1 Å². The average molecular weight is 375 g/mol. The Morgan fingerprint density at radius 3 is 1.96 bits per heavy atom. The monoisotopic (exact) mass is 375 g/mol. The molecule has 1 unspecified atom stereocenters. The SMILES string of the molecule is Cc1cnc(C(=O)OC(C)C(=O)NC(c2ccccc2)c2ccccc2)cn1. The number of aromatic nitrogens is 2. The molecule has 6 nitrogen and oxygen atoms in total. The fourth-order valence-electron chi connectivity index (χ4n) is 2.68. The Balaban J connectivity index is 1.72. The summed E-state index contributed by atoms with van der Waals surface area (Å²) in [5.41, 5.74) is 2.62. The van der Waals surface area contributed by atoms with E-state index in [4.69, 9.17) is 4.74 Å². The highest BCUT2D eigenvalue weighted by molar-refractivity contribution is 5.90. The Labute approximate surface area is 163 Å². The highest BCUT2D eigenvalue weighted by Gasteiger charge is 2.24. The van der Waals surface area contributed by atoms with E-state index in [9.17, 15) is 9.59 Å². The zero-order valence-corrected chi connectivity index (χ0v) is 15.7. The van der Waals surface area contributed by atoms with Gasteiger partial charge in [-0.25, -0.2) is 9.78 Å². The Morgan fingerprint density at radius 2 is 1.46 bits per heavy atom. The summed E-state index contributed by atoms with van der Waals surface area (Å²) in [6.07, 6.45) is 1.83. The van der Waals surface area contributed by atoms with Gasteiger partial charge in [-0.1, -0.05) is 60.7 Å². The van der Waals surface area contributed by atoms with E-state index in [2.05, 4.69) is 15.3 Å². The second-order valence-electron chi connectivity index (χ2n) is 6.35. The number of aryl methyl sites for hydroxylation is 1. The lowest BCUT2D eigenvalue weighted by molar-refractivity contribution is -0.129. The van der Waals surface area contributed by atoms with Crippen LogP contribution in [-0.4, -0.2) is 27.9 Å². The molecule has 0 bridgehead atoms. The maximum Gasteiger partial charge on any atom is 0.359 e. The Kier molecular flexibility index (Phi) is 6.11. The van der Waals surface area contributed by atoms with Crippen LogP contribution in [0.2, 0.25) is 0 Å². The van der Waals surface area contributed by atoms with Gasteiger partial charge in [0.05, 0.1) is 17.9 Å². The number of hydrogen-bond acceptors (Lipinski definition) is 5. The minimum Gasteiger partial charge on any atom is -0.448 e. The molecule has 0 aliphatic heterocycles. The fourth-order valence-corrected chi connectivity index (χ4v) is 2.68. The molecule has 0 saturated carbocycles. The Hall–Kier alpha value is -3.54. The summed E-state index contributed by atoms with van der Waals surface area (Å²) >= 11 is 0. The van der Waals surface area contributed by atoms with E-state index in [1.165, 1.54) is 19.3 Å². The molecule has 1 aromatic heterocycles. The molecule has 1 atom stereocenters. The third-order valence-corrected chi connectivity index (χ3v) is 4.20. The van der Waals surface area contributed by atoms with Crippen LogP contribution in [0.4, 0.5) is 0 Å². The van der Waals surface area contributed by atoms with Crippen molar-refractivity contribution < 1.29 is 14.3 Å². The first kappa shape index (κ1) is 19.2. The van der Waals surface area contributed by atoms with E-state index in [1.54, 1.807) is 6.92 Å². The number of ether oxygens (including phenoxy) is 1. The summed E-state index contributed by atoms with van der Waals surface area (Å²) in [7, 11) is 0. The second kappa shape index (κ2) is 8.90. The molecule has 0 radical (unpaired) electrons. The molecule has 0 saturated heterocycles. The number of amides is 1. The van der Waals surface area contributed by atoms with Gasteiger partial charge < -0.3 is 10.1 Å². The standard InChI is InChI=1S/C22H21N3O3/c1-15-13-24-19(14-23-15)22(27)28-16(2)21(26)25-20(17-9-5-3-6-10-17)18-11-7-4-8-12-18/h3-14,16,20H,1-2H3,(H,25,26). The van der Waals surface area contributed by atoms with Crippen LogP contribution < -0.4 is 5.32 Å². The molecule has 3 aromatic rings. The molecule has 1 heterocycles. The van der Waals surface area contributed by atoms with Crippen LogP contribution in [0.25, 0.3) is 0 Å².